The molecule has 31 heavy (non-hydrogen) atoms. The number of methoxy groups -OCH3 is 2. The Morgan fingerprint density at radius 3 is 2.39 bits per heavy atom. The first kappa shape index (κ1) is 22.0. The summed E-state index contributed by atoms with van der Waals surface area (Å²) in [6.45, 7) is 3.55. The third kappa shape index (κ3) is 5.28. The van der Waals surface area contributed by atoms with E-state index in [-0.39, 0.29) is 28.5 Å². The maximum absolute atomic E-state index is 12.7. The maximum atomic E-state index is 12.7. The van der Waals surface area contributed by atoms with E-state index in [4.69, 9.17) is 9.47 Å². The van der Waals surface area contributed by atoms with Crippen LogP contribution in [0, 0.1) is 6.92 Å². The van der Waals surface area contributed by atoms with E-state index >= 15 is 0 Å². The Labute approximate surface area is 179 Å². The fourth-order valence-corrected chi connectivity index (χ4v) is 3.57. The minimum Gasteiger partial charge on any atom is -0.481 e. The van der Waals surface area contributed by atoms with Crippen molar-refractivity contribution >= 4 is 27.4 Å². The van der Waals surface area contributed by atoms with Crippen molar-refractivity contribution in [3.63, 3.8) is 0 Å². The highest BCUT2D eigenvalue weighted by Gasteiger charge is 2.19. The van der Waals surface area contributed by atoms with Gasteiger partial charge in [0.25, 0.3) is 10.0 Å². The van der Waals surface area contributed by atoms with Crippen LogP contribution in [0.15, 0.2) is 47.5 Å². The molecule has 1 aromatic carbocycles. The Balaban J connectivity index is 1.72. The molecule has 1 atom stereocenters. The molecule has 11 nitrogen and oxygen atoms in total. The van der Waals surface area contributed by atoms with Gasteiger partial charge in [0.2, 0.25) is 11.8 Å². The minimum atomic E-state index is -3.94. The average Bonchev–Trinajstić information content (AvgIpc) is 3.19. The Kier molecular flexibility index (Phi) is 6.39. The maximum Gasteiger partial charge on any atom is 0.321 e. The smallest absolute Gasteiger partial charge is 0.321 e. The molecule has 0 aliphatic rings. The number of nitrogens with one attached hydrogen (secondary N) is 2. The summed E-state index contributed by atoms with van der Waals surface area (Å²) in [6, 6.07) is 8.29. The lowest BCUT2D eigenvalue weighted by atomic mass is 10.2. The molecule has 0 spiro atoms. The van der Waals surface area contributed by atoms with Gasteiger partial charge < -0.3 is 14.8 Å². The number of hydrogen-bond acceptors (Lipinski definition) is 8. The van der Waals surface area contributed by atoms with Gasteiger partial charge in [-0.2, -0.15) is 15.1 Å². The van der Waals surface area contributed by atoms with Crippen LogP contribution < -0.4 is 19.5 Å². The van der Waals surface area contributed by atoms with E-state index in [0.717, 1.165) is 5.69 Å². The summed E-state index contributed by atoms with van der Waals surface area (Å²) >= 11 is 0. The second kappa shape index (κ2) is 9.00. The minimum absolute atomic E-state index is 0.00980. The summed E-state index contributed by atoms with van der Waals surface area (Å²) in [7, 11) is -1.20. The topological polar surface area (TPSA) is 137 Å². The Bertz CT molecular complexity index is 1150. The Morgan fingerprint density at radius 1 is 1.10 bits per heavy atom. The fraction of sp³-hybridized carbons (Fsp3) is 0.263. The van der Waals surface area contributed by atoms with Gasteiger partial charge in [-0.25, -0.2) is 8.42 Å². The van der Waals surface area contributed by atoms with Crippen molar-refractivity contribution < 1.29 is 22.7 Å². The van der Waals surface area contributed by atoms with Crippen molar-refractivity contribution in [2.75, 3.05) is 24.3 Å². The van der Waals surface area contributed by atoms with Crippen LogP contribution in [-0.2, 0) is 14.8 Å². The highest BCUT2D eigenvalue weighted by molar-refractivity contribution is 7.92. The van der Waals surface area contributed by atoms with E-state index in [9.17, 15) is 13.2 Å². The molecule has 1 unspecified atom stereocenters. The molecule has 3 aromatic rings. The van der Waals surface area contributed by atoms with Gasteiger partial charge in [0.05, 0.1) is 24.8 Å². The van der Waals surface area contributed by atoms with Gasteiger partial charge in [-0.3, -0.25) is 14.2 Å². The number of carbonyl (C=O) groups excluding carboxylic acids is 1. The Morgan fingerprint density at radius 2 is 1.81 bits per heavy atom. The lowest BCUT2D eigenvalue weighted by Gasteiger charge is -2.13. The van der Waals surface area contributed by atoms with Gasteiger partial charge in [-0.15, -0.1) is 0 Å². The molecule has 0 saturated heterocycles. The number of rotatable bonds is 8. The number of hydrogen-bond donors (Lipinski definition) is 2. The molecule has 12 heteroatoms. The second-order valence-electron chi connectivity index (χ2n) is 6.51. The number of aromatic nitrogens is 4. The molecule has 0 fully saturated rings. The number of amides is 1. The summed E-state index contributed by atoms with van der Waals surface area (Å²) in [4.78, 5) is 20.3. The summed E-state index contributed by atoms with van der Waals surface area (Å²) in [6.07, 6.45) is 1.72. The van der Waals surface area contributed by atoms with Crippen LogP contribution >= 0.6 is 0 Å². The zero-order valence-corrected chi connectivity index (χ0v) is 18.2. The van der Waals surface area contributed by atoms with E-state index in [1.54, 1.807) is 23.9 Å². The van der Waals surface area contributed by atoms with Crippen LogP contribution in [0.25, 0.3) is 0 Å². The van der Waals surface area contributed by atoms with Crippen molar-refractivity contribution in [3.8, 4) is 11.9 Å². The number of anilines is 2. The lowest BCUT2D eigenvalue weighted by Crippen LogP contribution is -2.24. The van der Waals surface area contributed by atoms with E-state index in [0.29, 0.717) is 5.69 Å². The normalized spacial score (nSPS) is 12.1. The molecule has 2 aromatic heterocycles. The predicted molar refractivity (Wildman–Crippen MR) is 113 cm³/mol. The molecule has 3 rings (SSSR count). The van der Waals surface area contributed by atoms with Gasteiger partial charge in [-0.05, 0) is 44.2 Å². The predicted octanol–water partition coefficient (Wildman–Crippen LogP) is 2.00. The van der Waals surface area contributed by atoms with Gasteiger partial charge >= 0.3 is 6.01 Å². The number of aryl methyl sites for hydroxylation is 1. The molecule has 2 heterocycles. The molecule has 0 radical (unpaired) electrons. The number of sulfonamides is 1. The third-order valence-electron chi connectivity index (χ3n) is 4.26. The van der Waals surface area contributed by atoms with Crippen LogP contribution in [0.4, 0.5) is 11.5 Å². The third-order valence-corrected chi connectivity index (χ3v) is 5.63. The average molecular weight is 446 g/mol. The lowest BCUT2D eigenvalue weighted by molar-refractivity contribution is -0.119. The quantitative estimate of drug-likeness (QED) is 0.536. The van der Waals surface area contributed by atoms with Crippen LogP contribution in [0.5, 0.6) is 11.9 Å². The first-order valence-corrected chi connectivity index (χ1v) is 10.6. The van der Waals surface area contributed by atoms with Crippen molar-refractivity contribution in [2.24, 2.45) is 0 Å². The van der Waals surface area contributed by atoms with Crippen LogP contribution in [0.3, 0.4) is 0 Å². The van der Waals surface area contributed by atoms with E-state index in [2.05, 4.69) is 25.1 Å². The number of ether oxygens (including phenoxy) is 2. The Hall–Kier alpha value is -3.67. The van der Waals surface area contributed by atoms with E-state index in [1.807, 2.05) is 6.92 Å². The highest BCUT2D eigenvalue weighted by Crippen LogP contribution is 2.22. The number of nitrogens with zero attached hydrogens (tertiary/aromatic N) is 4. The largest absolute Gasteiger partial charge is 0.481 e. The summed E-state index contributed by atoms with van der Waals surface area (Å²) in [5.41, 5.74) is 1.26. The van der Waals surface area contributed by atoms with Crippen LogP contribution in [-0.4, -0.2) is 48.3 Å². The van der Waals surface area contributed by atoms with Gasteiger partial charge in [0.1, 0.15) is 6.04 Å². The van der Waals surface area contributed by atoms with Crippen LogP contribution in [0.1, 0.15) is 18.7 Å². The van der Waals surface area contributed by atoms with Gasteiger partial charge in [-0.1, -0.05) is 0 Å². The van der Waals surface area contributed by atoms with Crippen molar-refractivity contribution in [1.29, 1.82) is 0 Å². The molecule has 1 amide bonds. The first-order chi connectivity index (χ1) is 14.7. The molecule has 164 valence electrons. The van der Waals surface area contributed by atoms with E-state index < -0.39 is 16.1 Å². The zero-order valence-electron chi connectivity index (χ0n) is 17.4. The van der Waals surface area contributed by atoms with Crippen molar-refractivity contribution in [2.45, 2.75) is 24.8 Å². The molecule has 0 saturated carbocycles. The first-order valence-electron chi connectivity index (χ1n) is 9.14. The molecule has 0 bridgehead atoms. The highest BCUT2D eigenvalue weighted by atomic mass is 32.2. The number of carbonyl (C=O) groups is 1. The SMILES string of the molecule is COc1cc(NS(=O)(=O)c2ccc(NC(=O)C(C)n3ccc(C)n3)cc2)nc(OC)n1. The summed E-state index contributed by atoms with van der Waals surface area (Å²) in [5, 5.41) is 6.96. The molecule has 2 N–H and O–H groups in total. The van der Waals surface area contributed by atoms with Gasteiger partial charge in [0.15, 0.2) is 5.82 Å². The zero-order chi connectivity index (χ0) is 22.6. The summed E-state index contributed by atoms with van der Waals surface area (Å²) in [5.74, 6) is -0.148. The van der Waals surface area contributed by atoms with Gasteiger partial charge in [0, 0.05) is 18.0 Å². The molecular formula is C19H22N6O5S. The molecular weight excluding hydrogens is 424 g/mol. The molecule has 0 aliphatic carbocycles. The summed E-state index contributed by atoms with van der Waals surface area (Å²) < 4.78 is 39.2. The van der Waals surface area contributed by atoms with Crippen LogP contribution in [0.2, 0.25) is 0 Å². The monoisotopic (exact) mass is 446 g/mol. The fourth-order valence-electron chi connectivity index (χ4n) is 2.58. The number of benzene rings is 1. The molecule has 0 aliphatic heterocycles. The van der Waals surface area contributed by atoms with E-state index in [1.165, 1.54) is 44.6 Å². The van der Waals surface area contributed by atoms with Crippen molar-refractivity contribution in [1.82, 2.24) is 19.7 Å². The van der Waals surface area contributed by atoms with Crippen molar-refractivity contribution in [3.05, 3.63) is 48.3 Å². The second-order valence-corrected chi connectivity index (χ2v) is 8.20. The standard InChI is InChI=1S/C19H22N6O5S/c1-12-9-10-25(23-12)13(2)18(26)20-14-5-7-15(8-6-14)31(27,28)24-16-11-17(29-3)22-19(21-16)30-4/h5-11,13H,1-4H3,(H,20,26)(H,21,22,24).